The van der Waals surface area contributed by atoms with Gasteiger partial charge in [0.2, 0.25) is 0 Å². The number of ether oxygens (including phenoxy) is 1. The normalized spacial score (nSPS) is 21.2. The third-order valence-electron chi connectivity index (χ3n) is 4.58. The Balaban J connectivity index is 1.96. The Hall–Kier alpha value is -2.12. The Morgan fingerprint density at radius 3 is 2.85 bits per heavy atom. The first-order valence-electron chi connectivity index (χ1n) is 8.11. The van der Waals surface area contributed by atoms with E-state index < -0.39 is 12.3 Å². The number of aliphatic hydroxyl groups excluding tert-OH is 1. The van der Waals surface area contributed by atoms with Gasteiger partial charge in [0.1, 0.15) is 17.8 Å². The predicted octanol–water partition coefficient (Wildman–Crippen LogP) is 4.71. The lowest BCUT2D eigenvalue weighted by atomic mass is 10.0. The summed E-state index contributed by atoms with van der Waals surface area (Å²) < 4.78 is 20.4. The average molecular weight is 421 g/mol. The van der Waals surface area contributed by atoms with Gasteiger partial charge in [0.25, 0.3) is 0 Å². The highest BCUT2D eigenvalue weighted by Crippen LogP contribution is 2.40. The molecule has 1 aliphatic rings. The van der Waals surface area contributed by atoms with Crippen LogP contribution in [0.1, 0.15) is 29.8 Å². The lowest BCUT2D eigenvalue weighted by Gasteiger charge is -2.30. The van der Waals surface area contributed by atoms with E-state index in [4.69, 9.17) is 10.3 Å². The summed E-state index contributed by atoms with van der Waals surface area (Å²) in [5.41, 5.74) is 9.86. The van der Waals surface area contributed by atoms with Gasteiger partial charge in [-0.25, -0.2) is 4.39 Å². The van der Waals surface area contributed by atoms with Crippen LogP contribution in [0.4, 0.5) is 4.39 Å². The molecular formula is C18H18BrFN4O2. The summed E-state index contributed by atoms with van der Waals surface area (Å²) in [6.45, 7) is 0.336. The van der Waals surface area contributed by atoms with Gasteiger partial charge in [-0.1, -0.05) is 29.4 Å². The fourth-order valence-corrected chi connectivity index (χ4v) is 3.75. The molecule has 6 nitrogen and oxygen atoms in total. The first-order valence-corrected chi connectivity index (χ1v) is 8.90. The SMILES string of the molecule is COc1cc(C(O)N2CC(N=[N+]=[N-])C[C@@H]2c2ccccc2F)ccc1Br. The van der Waals surface area contributed by atoms with E-state index in [1.165, 1.54) is 6.07 Å². The zero-order valence-corrected chi connectivity index (χ0v) is 15.7. The third kappa shape index (κ3) is 3.68. The van der Waals surface area contributed by atoms with Gasteiger partial charge in [-0.15, -0.1) is 0 Å². The monoisotopic (exact) mass is 420 g/mol. The van der Waals surface area contributed by atoms with E-state index in [2.05, 4.69) is 26.0 Å². The molecule has 0 aromatic heterocycles. The quantitative estimate of drug-likeness (QED) is 0.431. The molecule has 1 fully saturated rings. The molecule has 0 amide bonds. The Bertz CT molecular complexity index is 844. The maximum atomic E-state index is 14.3. The van der Waals surface area contributed by atoms with Crippen LogP contribution < -0.4 is 4.74 Å². The minimum atomic E-state index is -0.986. The van der Waals surface area contributed by atoms with Gasteiger partial charge in [0.15, 0.2) is 0 Å². The van der Waals surface area contributed by atoms with Crippen molar-refractivity contribution < 1.29 is 14.2 Å². The second kappa shape index (κ2) is 8.05. The summed E-state index contributed by atoms with van der Waals surface area (Å²) in [4.78, 5) is 4.62. The van der Waals surface area contributed by atoms with E-state index in [9.17, 15) is 9.50 Å². The number of rotatable bonds is 5. The first kappa shape index (κ1) is 18.7. The highest BCUT2D eigenvalue weighted by Gasteiger charge is 2.38. The van der Waals surface area contributed by atoms with Gasteiger partial charge >= 0.3 is 0 Å². The minimum Gasteiger partial charge on any atom is -0.496 e. The van der Waals surface area contributed by atoms with Crippen LogP contribution in [0.2, 0.25) is 0 Å². The van der Waals surface area contributed by atoms with Crippen molar-refractivity contribution in [3.63, 3.8) is 0 Å². The molecule has 2 unspecified atom stereocenters. The van der Waals surface area contributed by atoms with E-state index >= 15 is 0 Å². The fourth-order valence-electron chi connectivity index (χ4n) is 3.34. The van der Waals surface area contributed by atoms with Gasteiger partial charge in [-0.3, -0.25) is 4.90 Å². The topological polar surface area (TPSA) is 81.5 Å². The number of likely N-dealkylation sites (tertiary alicyclic amines) is 1. The zero-order valence-electron chi connectivity index (χ0n) is 14.1. The molecule has 0 bridgehead atoms. The molecule has 8 heteroatoms. The minimum absolute atomic E-state index is 0.336. The highest BCUT2D eigenvalue weighted by molar-refractivity contribution is 9.10. The number of hydrogen-bond donors (Lipinski definition) is 1. The molecule has 1 saturated heterocycles. The van der Waals surface area contributed by atoms with Gasteiger partial charge in [0.05, 0.1) is 17.6 Å². The van der Waals surface area contributed by atoms with E-state index in [1.807, 2.05) is 0 Å². The Kier molecular flexibility index (Phi) is 5.78. The van der Waals surface area contributed by atoms with Gasteiger partial charge in [0, 0.05) is 23.1 Å². The number of hydrogen-bond acceptors (Lipinski definition) is 4. The summed E-state index contributed by atoms with van der Waals surface area (Å²) in [7, 11) is 1.55. The number of methoxy groups -OCH3 is 1. The van der Waals surface area contributed by atoms with Crippen LogP contribution in [0.5, 0.6) is 5.75 Å². The molecule has 1 N–H and O–H groups in total. The molecule has 0 spiro atoms. The smallest absolute Gasteiger partial charge is 0.134 e. The van der Waals surface area contributed by atoms with Crippen molar-refractivity contribution in [3.05, 3.63) is 74.3 Å². The van der Waals surface area contributed by atoms with Crippen LogP contribution in [0.3, 0.4) is 0 Å². The summed E-state index contributed by atoms with van der Waals surface area (Å²) in [6, 6.07) is 11.0. The maximum absolute atomic E-state index is 14.3. The second-order valence-corrected chi connectivity index (χ2v) is 6.95. The van der Waals surface area contributed by atoms with Crippen molar-refractivity contribution in [2.24, 2.45) is 5.11 Å². The van der Waals surface area contributed by atoms with Gasteiger partial charge in [-0.2, -0.15) is 0 Å². The van der Waals surface area contributed by atoms with Crippen molar-refractivity contribution in [1.29, 1.82) is 0 Å². The molecule has 2 aromatic rings. The molecule has 0 radical (unpaired) electrons. The number of benzene rings is 2. The van der Waals surface area contributed by atoms with Crippen molar-refractivity contribution in [2.45, 2.75) is 24.7 Å². The molecule has 0 saturated carbocycles. The van der Waals surface area contributed by atoms with E-state index in [1.54, 1.807) is 48.4 Å². The highest BCUT2D eigenvalue weighted by atomic mass is 79.9. The van der Waals surface area contributed by atoms with Crippen molar-refractivity contribution >= 4 is 15.9 Å². The number of azide groups is 1. The number of nitrogens with zero attached hydrogens (tertiary/aromatic N) is 4. The van der Waals surface area contributed by atoms with Crippen molar-refractivity contribution in [3.8, 4) is 5.75 Å². The number of aliphatic hydroxyl groups is 1. The maximum Gasteiger partial charge on any atom is 0.134 e. The summed E-state index contributed by atoms with van der Waals surface area (Å²) in [5.74, 6) is 0.249. The molecule has 1 heterocycles. The first-order chi connectivity index (χ1) is 12.5. The molecule has 136 valence electrons. The van der Waals surface area contributed by atoms with Gasteiger partial charge < -0.3 is 9.84 Å². The summed E-state index contributed by atoms with van der Waals surface area (Å²) >= 11 is 3.39. The largest absolute Gasteiger partial charge is 0.496 e. The molecule has 26 heavy (non-hydrogen) atoms. The Morgan fingerprint density at radius 1 is 1.38 bits per heavy atom. The van der Waals surface area contributed by atoms with E-state index in [0.717, 1.165) is 4.47 Å². The Morgan fingerprint density at radius 2 is 2.15 bits per heavy atom. The fraction of sp³-hybridized carbons (Fsp3) is 0.333. The molecule has 3 atom stereocenters. The second-order valence-electron chi connectivity index (χ2n) is 6.10. The molecule has 0 aliphatic carbocycles. The Labute approximate surface area is 159 Å². The molecular weight excluding hydrogens is 403 g/mol. The van der Waals surface area contributed by atoms with Crippen LogP contribution >= 0.6 is 15.9 Å². The van der Waals surface area contributed by atoms with Crippen LogP contribution in [-0.4, -0.2) is 29.7 Å². The van der Waals surface area contributed by atoms with Gasteiger partial charge in [-0.05, 0) is 51.6 Å². The lowest BCUT2D eigenvalue weighted by molar-refractivity contribution is -0.00926. The lowest BCUT2D eigenvalue weighted by Crippen LogP contribution is -2.29. The molecule has 1 aliphatic heterocycles. The number of halogens is 2. The summed E-state index contributed by atoms with van der Waals surface area (Å²) in [6.07, 6.45) is -0.545. The third-order valence-corrected chi connectivity index (χ3v) is 5.24. The van der Waals surface area contributed by atoms with Crippen molar-refractivity contribution in [1.82, 2.24) is 4.90 Å². The van der Waals surface area contributed by atoms with Crippen LogP contribution in [0.25, 0.3) is 10.4 Å². The summed E-state index contributed by atoms with van der Waals surface area (Å²) in [5, 5.41) is 14.7. The standard InChI is InChI=1S/C18H18BrFN4O2/c1-26-17-8-11(6-7-14(17)19)18(25)24-10-12(22-23-21)9-16(24)13-4-2-3-5-15(13)20/h2-8,12,16,18,25H,9-10H2,1H3/t12?,16-,18?/m1/s1. The van der Waals surface area contributed by atoms with E-state index in [-0.39, 0.29) is 11.9 Å². The van der Waals surface area contributed by atoms with Crippen molar-refractivity contribution in [2.75, 3.05) is 13.7 Å². The van der Waals surface area contributed by atoms with Crippen LogP contribution in [-0.2, 0) is 0 Å². The van der Waals surface area contributed by atoms with Crippen LogP contribution in [0, 0.1) is 5.82 Å². The van der Waals surface area contributed by atoms with E-state index in [0.29, 0.717) is 29.8 Å². The van der Waals surface area contributed by atoms with Crippen LogP contribution in [0.15, 0.2) is 52.1 Å². The average Bonchev–Trinajstić information content (AvgIpc) is 3.06. The molecule has 3 rings (SSSR count). The zero-order chi connectivity index (χ0) is 18.7. The predicted molar refractivity (Wildman–Crippen MR) is 99.1 cm³/mol. The molecule has 2 aromatic carbocycles.